The van der Waals surface area contributed by atoms with Crippen molar-refractivity contribution in [3.05, 3.63) is 0 Å². The smallest absolute Gasteiger partial charge is 0.305 e. The highest BCUT2D eigenvalue weighted by atomic mass is 16.4. The number of rotatable bonds is 0. The van der Waals surface area contributed by atoms with Crippen LogP contribution in [-0.2, 0) is 5.11 Å². The molecule has 8 heavy (non-hydrogen) atoms. The summed E-state index contributed by atoms with van der Waals surface area (Å²) in [6, 6.07) is 0. The summed E-state index contributed by atoms with van der Waals surface area (Å²) in [5.41, 5.74) is 0. The summed E-state index contributed by atoms with van der Waals surface area (Å²) in [6.07, 6.45) is 0.963. The standard InChI is InChI=1S/C5H8NO2/c7-5(8)6-3-1-2-4-6/h1-4H2. The summed E-state index contributed by atoms with van der Waals surface area (Å²) in [6.45, 7) is 1.34. The Morgan fingerprint density at radius 3 is 2.00 bits per heavy atom. The Labute approximate surface area is 47.9 Å². The summed E-state index contributed by atoms with van der Waals surface area (Å²) < 4.78 is 0. The summed E-state index contributed by atoms with van der Waals surface area (Å²) in [4.78, 5) is 11.3. The molecule has 1 heterocycles. The first-order valence-electron chi connectivity index (χ1n) is 2.76. The molecule has 0 saturated carbocycles. The van der Waals surface area contributed by atoms with Gasteiger partial charge in [0.2, 0.25) is 0 Å². The molecule has 0 aromatic carbocycles. The van der Waals surface area contributed by atoms with Crippen LogP contribution in [0.25, 0.3) is 0 Å². The van der Waals surface area contributed by atoms with Crippen LogP contribution in [-0.4, -0.2) is 24.1 Å². The van der Waals surface area contributed by atoms with Crippen LogP contribution in [0.3, 0.4) is 0 Å². The Morgan fingerprint density at radius 2 is 1.75 bits per heavy atom. The molecule has 0 unspecified atom stereocenters. The largest absolute Gasteiger partial charge is 0.453 e. The third kappa shape index (κ3) is 0.911. The van der Waals surface area contributed by atoms with Gasteiger partial charge in [0.1, 0.15) is 0 Å². The summed E-state index contributed by atoms with van der Waals surface area (Å²) in [5.74, 6) is 0. The van der Waals surface area contributed by atoms with E-state index in [-0.39, 0.29) is 0 Å². The van der Waals surface area contributed by atoms with Crippen molar-refractivity contribution in [2.75, 3.05) is 13.1 Å². The van der Waals surface area contributed by atoms with E-state index in [0.29, 0.717) is 13.1 Å². The fraction of sp³-hybridized carbons (Fsp3) is 0.800. The third-order valence-electron chi connectivity index (χ3n) is 1.36. The molecule has 1 amide bonds. The van der Waals surface area contributed by atoms with E-state index in [0.717, 1.165) is 12.8 Å². The molecular formula is C5H8NO2. The molecule has 0 bridgehead atoms. The number of hydrogen-bond acceptors (Lipinski definition) is 1. The quantitative estimate of drug-likeness (QED) is 0.455. The molecule has 1 radical (unpaired) electrons. The lowest BCUT2D eigenvalue weighted by Gasteiger charge is -2.05. The van der Waals surface area contributed by atoms with Gasteiger partial charge in [-0.05, 0) is 12.8 Å². The van der Waals surface area contributed by atoms with Gasteiger partial charge in [-0.2, -0.15) is 0 Å². The zero-order valence-electron chi connectivity index (χ0n) is 4.59. The zero-order chi connectivity index (χ0) is 5.98. The SMILES string of the molecule is [O]C(=O)N1CCCC1. The first-order valence-corrected chi connectivity index (χ1v) is 2.76. The van der Waals surface area contributed by atoms with E-state index < -0.39 is 6.09 Å². The fourth-order valence-electron chi connectivity index (χ4n) is 0.900. The highest BCUT2D eigenvalue weighted by Gasteiger charge is 2.16. The van der Waals surface area contributed by atoms with E-state index in [1.807, 2.05) is 0 Å². The molecule has 0 aliphatic carbocycles. The molecule has 0 atom stereocenters. The molecule has 1 rings (SSSR count). The first kappa shape index (κ1) is 5.41. The maximum Gasteiger partial charge on any atom is 0.453 e. The van der Waals surface area contributed by atoms with Crippen LogP contribution in [0.15, 0.2) is 0 Å². The minimum Gasteiger partial charge on any atom is -0.305 e. The minimum absolute atomic E-state index is 0.669. The Kier molecular flexibility index (Phi) is 1.37. The van der Waals surface area contributed by atoms with E-state index in [2.05, 4.69) is 0 Å². The van der Waals surface area contributed by atoms with Crippen molar-refractivity contribution >= 4 is 6.09 Å². The molecule has 0 spiro atoms. The van der Waals surface area contributed by atoms with Gasteiger partial charge in [0.15, 0.2) is 0 Å². The molecular weight excluding hydrogens is 106 g/mol. The molecule has 1 aliphatic heterocycles. The zero-order valence-corrected chi connectivity index (χ0v) is 4.59. The average Bonchev–Trinajstić information content (AvgIpc) is 2.12. The van der Waals surface area contributed by atoms with Crippen molar-refractivity contribution < 1.29 is 9.90 Å². The first-order chi connectivity index (χ1) is 3.80. The van der Waals surface area contributed by atoms with E-state index in [1.54, 1.807) is 0 Å². The molecule has 0 aromatic rings. The maximum absolute atomic E-state index is 10.0. The number of likely N-dealkylation sites (tertiary alicyclic amines) is 1. The molecule has 1 fully saturated rings. The van der Waals surface area contributed by atoms with Gasteiger partial charge in [0, 0.05) is 13.1 Å². The van der Waals surface area contributed by atoms with E-state index in [4.69, 9.17) is 0 Å². The Morgan fingerprint density at radius 1 is 1.25 bits per heavy atom. The summed E-state index contributed by atoms with van der Waals surface area (Å²) in [7, 11) is 0. The predicted octanol–water partition coefficient (Wildman–Crippen LogP) is 0.633. The van der Waals surface area contributed by atoms with Crippen LogP contribution < -0.4 is 0 Å². The predicted molar refractivity (Wildman–Crippen MR) is 26.9 cm³/mol. The second kappa shape index (κ2) is 2.03. The van der Waals surface area contributed by atoms with Crippen LogP contribution in [0.1, 0.15) is 12.8 Å². The molecule has 45 valence electrons. The van der Waals surface area contributed by atoms with Crippen molar-refractivity contribution in [3.8, 4) is 0 Å². The number of carbonyl (C=O) groups is 1. The summed E-state index contributed by atoms with van der Waals surface area (Å²) in [5, 5.41) is 10.0. The van der Waals surface area contributed by atoms with Crippen LogP contribution in [0.5, 0.6) is 0 Å². The van der Waals surface area contributed by atoms with Crippen molar-refractivity contribution in [2.45, 2.75) is 12.8 Å². The third-order valence-corrected chi connectivity index (χ3v) is 1.36. The van der Waals surface area contributed by atoms with Crippen LogP contribution in [0.4, 0.5) is 4.79 Å². The van der Waals surface area contributed by atoms with Gasteiger partial charge in [0.25, 0.3) is 0 Å². The number of hydrogen-bond donors (Lipinski definition) is 0. The van der Waals surface area contributed by atoms with Gasteiger partial charge in [-0.1, -0.05) is 0 Å². The molecule has 1 saturated heterocycles. The topological polar surface area (TPSA) is 40.2 Å². The second-order valence-corrected chi connectivity index (χ2v) is 1.96. The number of amides is 1. The monoisotopic (exact) mass is 114 g/mol. The Hall–Kier alpha value is -0.730. The van der Waals surface area contributed by atoms with Gasteiger partial charge in [-0.25, -0.2) is 9.90 Å². The molecule has 0 N–H and O–H groups in total. The lowest BCUT2D eigenvalue weighted by molar-refractivity contribution is 0.129. The van der Waals surface area contributed by atoms with E-state index in [1.165, 1.54) is 4.90 Å². The lowest BCUT2D eigenvalue weighted by atomic mass is 10.4. The molecule has 3 nitrogen and oxygen atoms in total. The fourth-order valence-corrected chi connectivity index (χ4v) is 0.900. The number of nitrogens with zero attached hydrogens (tertiary/aromatic N) is 1. The Bertz CT molecular complexity index is 96.6. The van der Waals surface area contributed by atoms with Crippen molar-refractivity contribution in [1.29, 1.82) is 0 Å². The van der Waals surface area contributed by atoms with Crippen LogP contribution in [0, 0.1) is 0 Å². The number of carbonyl (C=O) groups excluding carboxylic acids is 1. The molecule has 3 heteroatoms. The van der Waals surface area contributed by atoms with Gasteiger partial charge in [0.05, 0.1) is 0 Å². The van der Waals surface area contributed by atoms with Crippen molar-refractivity contribution in [1.82, 2.24) is 4.90 Å². The van der Waals surface area contributed by atoms with Crippen molar-refractivity contribution in [2.24, 2.45) is 0 Å². The van der Waals surface area contributed by atoms with Gasteiger partial charge in [-0.15, -0.1) is 0 Å². The lowest BCUT2D eigenvalue weighted by Crippen LogP contribution is -2.24. The Balaban J connectivity index is 2.35. The van der Waals surface area contributed by atoms with Crippen molar-refractivity contribution in [3.63, 3.8) is 0 Å². The van der Waals surface area contributed by atoms with Crippen LogP contribution in [0.2, 0.25) is 0 Å². The van der Waals surface area contributed by atoms with Crippen LogP contribution >= 0.6 is 0 Å². The summed E-state index contributed by atoms with van der Waals surface area (Å²) >= 11 is 0. The minimum atomic E-state index is -1.03. The maximum atomic E-state index is 10.0. The molecule has 0 aromatic heterocycles. The van der Waals surface area contributed by atoms with Gasteiger partial charge >= 0.3 is 6.09 Å². The van der Waals surface area contributed by atoms with Gasteiger partial charge < -0.3 is 4.90 Å². The highest BCUT2D eigenvalue weighted by molar-refractivity contribution is 5.64. The molecule has 1 aliphatic rings. The second-order valence-electron chi connectivity index (χ2n) is 1.96. The average molecular weight is 114 g/mol. The highest BCUT2D eigenvalue weighted by Crippen LogP contribution is 2.06. The normalized spacial score (nSPS) is 19.2. The van der Waals surface area contributed by atoms with E-state index >= 15 is 0 Å². The van der Waals surface area contributed by atoms with E-state index in [9.17, 15) is 9.90 Å². The van der Waals surface area contributed by atoms with Gasteiger partial charge in [-0.3, -0.25) is 0 Å².